The van der Waals surface area contributed by atoms with Gasteiger partial charge in [-0.15, -0.1) is 0 Å². The Morgan fingerprint density at radius 1 is 1.19 bits per heavy atom. The first-order valence-corrected chi connectivity index (χ1v) is 5.07. The van der Waals surface area contributed by atoms with Crippen molar-refractivity contribution in [2.45, 2.75) is 20.3 Å². The summed E-state index contributed by atoms with van der Waals surface area (Å²) in [6.07, 6.45) is -0.0590. The smallest absolute Gasteiger partial charge is 0.305 e. The van der Waals surface area contributed by atoms with Gasteiger partial charge in [-0.05, 0) is 26.0 Å². The number of nitrogens with one attached hydrogen (secondary N) is 1. The third kappa shape index (κ3) is 3.73. The van der Waals surface area contributed by atoms with E-state index in [0.717, 1.165) is 11.1 Å². The van der Waals surface area contributed by atoms with Crippen molar-refractivity contribution in [2.24, 2.45) is 0 Å². The molecule has 4 heteroatoms. The van der Waals surface area contributed by atoms with E-state index in [2.05, 4.69) is 5.32 Å². The van der Waals surface area contributed by atoms with E-state index in [1.54, 1.807) is 12.1 Å². The highest BCUT2D eigenvalue weighted by molar-refractivity contribution is 5.94. The molecule has 1 aromatic carbocycles. The van der Waals surface area contributed by atoms with E-state index in [-0.39, 0.29) is 18.9 Å². The molecule has 0 unspecified atom stereocenters. The summed E-state index contributed by atoms with van der Waals surface area (Å²) in [5, 5.41) is 11.0. The van der Waals surface area contributed by atoms with Gasteiger partial charge >= 0.3 is 5.97 Å². The Labute approximate surface area is 94.3 Å². The van der Waals surface area contributed by atoms with Crippen LogP contribution in [0.1, 0.15) is 27.9 Å². The van der Waals surface area contributed by atoms with Gasteiger partial charge in [-0.1, -0.05) is 17.2 Å². The number of rotatable bonds is 4. The number of carboxylic acid groups (broad SMARTS) is 1. The lowest BCUT2D eigenvalue weighted by Gasteiger charge is -2.05. The van der Waals surface area contributed by atoms with Crippen LogP contribution in [0.5, 0.6) is 0 Å². The molecule has 0 radical (unpaired) electrons. The largest absolute Gasteiger partial charge is 0.481 e. The highest BCUT2D eigenvalue weighted by atomic mass is 16.4. The van der Waals surface area contributed by atoms with Crippen molar-refractivity contribution in [2.75, 3.05) is 6.54 Å². The van der Waals surface area contributed by atoms with Crippen LogP contribution in [0, 0.1) is 13.8 Å². The monoisotopic (exact) mass is 221 g/mol. The molecular weight excluding hydrogens is 206 g/mol. The summed E-state index contributed by atoms with van der Waals surface area (Å²) in [6, 6.07) is 5.54. The number of hydrogen-bond acceptors (Lipinski definition) is 2. The molecule has 86 valence electrons. The lowest BCUT2D eigenvalue weighted by atomic mass is 10.1. The Hall–Kier alpha value is -1.84. The van der Waals surface area contributed by atoms with E-state index in [4.69, 9.17) is 5.11 Å². The van der Waals surface area contributed by atoms with Gasteiger partial charge in [-0.25, -0.2) is 0 Å². The maximum absolute atomic E-state index is 11.6. The molecule has 0 heterocycles. The van der Waals surface area contributed by atoms with Gasteiger partial charge in [0, 0.05) is 12.1 Å². The lowest BCUT2D eigenvalue weighted by molar-refractivity contribution is -0.136. The van der Waals surface area contributed by atoms with Crippen LogP contribution in [-0.4, -0.2) is 23.5 Å². The zero-order chi connectivity index (χ0) is 12.1. The molecule has 0 spiro atoms. The van der Waals surface area contributed by atoms with Crippen molar-refractivity contribution >= 4 is 11.9 Å². The van der Waals surface area contributed by atoms with Crippen LogP contribution in [0.4, 0.5) is 0 Å². The summed E-state index contributed by atoms with van der Waals surface area (Å²) < 4.78 is 0. The molecule has 0 saturated carbocycles. The molecule has 0 atom stereocenters. The summed E-state index contributed by atoms with van der Waals surface area (Å²) in [4.78, 5) is 21.9. The van der Waals surface area contributed by atoms with Crippen LogP contribution in [-0.2, 0) is 4.79 Å². The van der Waals surface area contributed by atoms with Crippen molar-refractivity contribution < 1.29 is 14.7 Å². The summed E-state index contributed by atoms with van der Waals surface area (Å²) in [5.74, 6) is -1.14. The van der Waals surface area contributed by atoms with E-state index in [1.807, 2.05) is 19.9 Å². The van der Waals surface area contributed by atoms with Gasteiger partial charge in [0.15, 0.2) is 0 Å². The minimum Gasteiger partial charge on any atom is -0.481 e. The third-order valence-electron chi connectivity index (χ3n) is 2.11. The van der Waals surface area contributed by atoms with Crippen LogP contribution in [0.2, 0.25) is 0 Å². The molecule has 1 rings (SSSR count). The zero-order valence-electron chi connectivity index (χ0n) is 9.41. The van der Waals surface area contributed by atoms with Crippen molar-refractivity contribution in [1.82, 2.24) is 5.32 Å². The molecular formula is C12H15NO3. The van der Waals surface area contributed by atoms with Gasteiger partial charge in [-0.3, -0.25) is 9.59 Å². The molecule has 16 heavy (non-hydrogen) atoms. The Bertz CT molecular complexity index is 392. The summed E-state index contributed by atoms with van der Waals surface area (Å²) in [6.45, 7) is 3.99. The second kappa shape index (κ2) is 5.30. The van der Waals surface area contributed by atoms with Crippen molar-refractivity contribution in [3.05, 3.63) is 34.9 Å². The molecule has 0 bridgehead atoms. The second-order valence-corrected chi connectivity index (χ2v) is 3.78. The van der Waals surface area contributed by atoms with Gasteiger partial charge in [0.2, 0.25) is 0 Å². The normalized spacial score (nSPS) is 9.88. The standard InChI is InChI=1S/C12H15NO3/c1-8-5-9(2)7-10(6-8)12(16)13-4-3-11(14)15/h5-7H,3-4H2,1-2H3,(H,13,16)(H,14,15). The molecule has 0 aliphatic heterocycles. The second-order valence-electron chi connectivity index (χ2n) is 3.78. The molecule has 1 aromatic rings. The average molecular weight is 221 g/mol. The maximum atomic E-state index is 11.6. The predicted octanol–water partition coefficient (Wildman–Crippen LogP) is 1.51. The Balaban J connectivity index is 2.62. The predicted molar refractivity (Wildman–Crippen MR) is 60.5 cm³/mol. The van der Waals surface area contributed by atoms with Crippen LogP contribution >= 0.6 is 0 Å². The Kier molecular flexibility index (Phi) is 4.05. The van der Waals surface area contributed by atoms with Crippen molar-refractivity contribution in [3.8, 4) is 0 Å². The fourth-order valence-corrected chi connectivity index (χ4v) is 1.49. The Morgan fingerprint density at radius 3 is 2.25 bits per heavy atom. The fourth-order valence-electron chi connectivity index (χ4n) is 1.49. The number of carboxylic acids is 1. The first-order chi connectivity index (χ1) is 7.49. The van der Waals surface area contributed by atoms with Gasteiger partial charge in [0.1, 0.15) is 0 Å². The molecule has 1 amide bonds. The van der Waals surface area contributed by atoms with E-state index < -0.39 is 5.97 Å². The lowest BCUT2D eigenvalue weighted by Crippen LogP contribution is -2.26. The number of carbonyl (C=O) groups is 2. The van der Waals surface area contributed by atoms with Crippen LogP contribution in [0.15, 0.2) is 18.2 Å². The maximum Gasteiger partial charge on any atom is 0.305 e. The molecule has 0 fully saturated rings. The van der Waals surface area contributed by atoms with E-state index in [1.165, 1.54) is 0 Å². The van der Waals surface area contributed by atoms with E-state index >= 15 is 0 Å². The number of amides is 1. The highest BCUT2D eigenvalue weighted by Crippen LogP contribution is 2.08. The third-order valence-corrected chi connectivity index (χ3v) is 2.11. The van der Waals surface area contributed by atoms with E-state index in [0.29, 0.717) is 5.56 Å². The van der Waals surface area contributed by atoms with Crippen molar-refractivity contribution in [1.29, 1.82) is 0 Å². The minimum absolute atomic E-state index is 0.0590. The molecule has 0 aliphatic carbocycles. The SMILES string of the molecule is Cc1cc(C)cc(C(=O)NCCC(=O)O)c1. The van der Waals surface area contributed by atoms with Gasteiger partial charge < -0.3 is 10.4 Å². The van der Waals surface area contributed by atoms with Crippen LogP contribution in [0.25, 0.3) is 0 Å². The topological polar surface area (TPSA) is 66.4 Å². The minimum atomic E-state index is -0.916. The molecule has 4 nitrogen and oxygen atoms in total. The summed E-state index contributed by atoms with van der Waals surface area (Å²) in [5.41, 5.74) is 2.61. The Morgan fingerprint density at radius 2 is 1.75 bits per heavy atom. The number of aliphatic carboxylic acids is 1. The fraction of sp³-hybridized carbons (Fsp3) is 0.333. The van der Waals surface area contributed by atoms with Crippen LogP contribution < -0.4 is 5.32 Å². The van der Waals surface area contributed by atoms with Crippen LogP contribution in [0.3, 0.4) is 0 Å². The molecule has 2 N–H and O–H groups in total. The molecule has 0 aromatic heterocycles. The number of hydrogen-bond donors (Lipinski definition) is 2. The average Bonchev–Trinajstić information content (AvgIpc) is 2.15. The summed E-state index contributed by atoms with van der Waals surface area (Å²) >= 11 is 0. The first kappa shape index (κ1) is 12.2. The van der Waals surface area contributed by atoms with Gasteiger partial charge in [0.25, 0.3) is 5.91 Å². The first-order valence-electron chi connectivity index (χ1n) is 5.07. The number of aryl methyl sites for hydroxylation is 2. The zero-order valence-corrected chi connectivity index (χ0v) is 9.41. The summed E-state index contributed by atoms with van der Waals surface area (Å²) in [7, 11) is 0. The van der Waals surface area contributed by atoms with E-state index in [9.17, 15) is 9.59 Å². The molecule has 0 saturated heterocycles. The van der Waals surface area contributed by atoms with Gasteiger partial charge in [0.05, 0.1) is 6.42 Å². The quantitative estimate of drug-likeness (QED) is 0.809. The number of carbonyl (C=O) groups excluding carboxylic acids is 1. The number of benzene rings is 1. The van der Waals surface area contributed by atoms with Crippen molar-refractivity contribution in [3.63, 3.8) is 0 Å². The molecule has 0 aliphatic rings. The highest BCUT2D eigenvalue weighted by Gasteiger charge is 2.06. The van der Waals surface area contributed by atoms with Gasteiger partial charge in [-0.2, -0.15) is 0 Å².